The highest BCUT2D eigenvalue weighted by atomic mass is 79.9. The number of nitrogens with one attached hydrogen (secondary N) is 1. The summed E-state index contributed by atoms with van der Waals surface area (Å²) in [4.78, 5) is 0. The van der Waals surface area contributed by atoms with E-state index in [1.807, 2.05) is 37.4 Å². The molecule has 0 amide bonds. The van der Waals surface area contributed by atoms with E-state index in [0.29, 0.717) is 5.02 Å². The molecule has 1 heterocycles. The number of halogens is 2. The van der Waals surface area contributed by atoms with Crippen molar-refractivity contribution in [3.63, 3.8) is 0 Å². The summed E-state index contributed by atoms with van der Waals surface area (Å²) < 4.78 is 6.29. The van der Waals surface area contributed by atoms with Crippen LogP contribution in [0.5, 0.6) is 0 Å². The van der Waals surface area contributed by atoms with Gasteiger partial charge in [-0.1, -0.05) is 17.7 Å². The van der Waals surface area contributed by atoms with Gasteiger partial charge in [0, 0.05) is 4.47 Å². The molecular weight excluding hydrogens is 289 g/mol. The third kappa shape index (κ3) is 2.32. The minimum absolute atomic E-state index is 0.0450. The predicted molar refractivity (Wildman–Crippen MR) is 68.8 cm³/mol. The molecule has 0 bridgehead atoms. The van der Waals surface area contributed by atoms with Crippen LogP contribution in [-0.2, 0) is 0 Å². The van der Waals surface area contributed by atoms with Gasteiger partial charge in [0.05, 0.1) is 17.3 Å². The molecule has 0 saturated carbocycles. The quantitative estimate of drug-likeness (QED) is 0.926. The van der Waals surface area contributed by atoms with Gasteiger partial charge in [-0.05, 0) is 52.8 Å². The highest BCUT2D eigenvalue weighted by Gasteiger charge is 2.15. The minimum Gasteiger partial charge on any atom is -0.467 e. The van der Waals surface area contributed by atoms with Crippen LogP contribution >= 0.6 is 27.5 Å². The summed E-state index contributed by atoms with van der Waals surface area (Å²) >= 11 is 9.38. The maximum atomic E-state index is 5.96. The van der Waals surface area contributed by atoms with E-state index in [-0.39, 0.29) is 6.04 Å². The third-order valence-corrected chi connectivity index (χ3v) is 3.61. The number of hydrogen-bond donors (Lipinski definition) is 1. The van der Waals surface area contributed by atoms with Crippen LogP contribution < -0.4 is 5.32 Å². The molecule has 4 heteroatoms. The Balaban J connectivity index is 2.37. The zero-order chi connectivity index (χ0) is 11.5. The summed E-state index contributed by atoms with van der Waals surface area (Å²) in [7, 11) is 1.90. The van der Waals surface area contributed by atoms with Crippen molar-refractivity contribution in [1.82, 2.24) is 5.32 Å². The molecule has 0 saturated heterocycles. The summed E-state index contributed by atoms with van der Waals surface area (Å²) in [5.74, 6) is 0.886. The van der Waals surface area contributed by atoms with Crippen molar-refractivity contribution in [3.8, 4) is 0 Å². The SMILES string of the molecule is CNC(c1ccc(Cl)c(Br)c1)c1ccco1. The van der Waals surface area contributed by atoms with Crippen molar-refractivity contribution in [2.75, 3.05) is 7.05 Å². The lowest BCUT2D eigenvalue weighted by Crippen LogP contribution is -2.16. The fraction of sp³-hybridized carbons (Fsp3) is 0.167. The van der Waals surface area contributed by atoms with Crippen LogP contribution in [-0.4, -0.2) is 7.05 Å². The molecular formula is C12H11BrClNO. The van der Waals surface area contributed by atoms with E-state index in [9.17, 15) is 0 Å². The molecule has 0 radical (unpaired) electrons. The van der Waals surface area contributed by atoms with Gasteiger partial charge in [0.15, 0.2) is 0 Å². The second-order valence-corrected chi connectivity index (χ2v) is 4.67. The molecule has 1 aromatic carbocycles. The van der Waals surface area contributed by atoms with Gasteiger partial charge >= 0.3 is 0 Å². The summed E-state index contributed by atoms with van der Waals surface area (Å²) in [6.45, 7) is 0. The van der Waals surface area contributed by atoms with Crippen LogP contribution in [0, 0.1) is 0 Å². The van der Waals surface area contributed by atoms with Gasteiger partial charge in [0.2, 0.25) is 0 Å². The van der Waals surface area contributed by atoms with E-state index in [1.165, 1.54) is 0 Å². The van der Waals surface area contributed by atoms with Crippen LogP contribution in [0.4, 0.5) is 0 Å². The van der Waals surface area contributed by atoms with Crippen molar-refractivity contribution in [3.05, 3.63) is 57.4 Å². The van der Waals surface area contributed by atoms with Crippen LogP contribution in [0.3, 0.4) is 0 Å². The van der Waals surface area contributed by atoms with Crippen LogP contribution in [0.15, 0.2) is 45.5 Å². The zero-order valence-corrected chi connectivity index (χ0v) is 11.0. The molecule has 1 atom stereocenters. The molecule has 0 aliphatic heterocycles. The molecule has 1 N–H and O–H groups in total. The predicted octanol–water partition coefficient (Wildman–Crippen LogP) is 4.00. The molecule has 0 aliphatic carbocycles. The maximum absolute atomic E-state index is 5.96. The first-order valence-electron chi connectivity index (χ1n) is 4.88. The second kappa shape index (κ2) is 5.04. The lowest BCUT2D eigenvalue weighted by molar-refractivity contribution is 0.463. The summed E-state index contributed by atoms with van der Waals surface area (Å²) in [6.07, 6.45) is 1.67. The van der Waals surface area contributed by atoms with Gasteiger partial charge in [-0.25, -0.2) is 0 Å². The van der Waals surface area contributed by atoms with Gasteiger partial charge in [-0.2, -0.15) is 0 Å². The van der Waals surface area contributed by atoms with Crippen molar-refractivity contribution < 1.29 is 4.42 Å². The van der Waals surface area contributed by atoms with Gasteiger partial charge in [0.1, 0.15) is 5.76 Å². The minimum atomic E-state index is 0.0450. The van der Waals surface area contributed by atoms with Gasteiger partial charge in [-0.3, -0.25) is 0 Å². The van der Waals surface area contributed by atoms with E-state index >= 15 is 0 Å². The smallest absolute Gasteiger partial charge is 0.125 e. The van der Waals surface area contributed by atoms with Gasteiger partial charge in [-0.15, -0.1) is 0 Å². The van der Waals surface area contributed by atoms with E-state index in [2.05, 4.69) is 21.2 Å². The Bertz CT molecular complexity index is 470. The maximum Gasteiger partial charge on any atom is 0.125 e. The summed E-state index contributed by atoms with van der Waals surface area (Å²) in [5, 5.41) is 3.92. The monoisotopic (exact) mass is 299 g/mol. The Labute approximate surface area is 108 Å². The third-order valence-electron chi connectivity index (χ3n) is 2.39. The Morgan fingerprint density at radius 2 is 2.19 bits per heavy atom. The first-order chi connectivity index (χ1) is 7.72. The normalized spacial score (nSPS) is 12.7. The van der Waals surface area contributed by atoms with E-state index < -0.39 is 0 Å². The Hall–Kier alpha value is -0.770. The van der Waals surface area contributed by atoms with Crippen LogP contribution in [0.25, 0.3) is 0 Å². The first kappa shape index (κ1) is 11.7. The van der Waals surface area contributed by atoms with E-state index in [4.69, 9.17) is 16.0 Å². The number of hydrogen-bond acceptors (Lipinski definition) is 2. The molecule has 0 fully saturated rings. The average Bonchev–Trinajstić information content (AvgIpc) is 2.78. The molecule has 0 spiro atoms. The largest absolute Gasteiger partial charge is 0.467 e. The van der Waals surface area contributed by atoms with Gasteiger partial charge < -0.3 is 9.73 Å². The molecule has 2 nitrogen and oxygen atoms in total. The standard InChI is InChI=1S/C12H11BrClNO/c1-15-12(11-3-2-6-16-11)8-4-5-10(14)9(13)7-8/h2-7,12,15H,1H3. The lowest BCUT2D eigenvalue weighted by Gasteiger charge is -2.14. The van der Waals surface area contributed by atoms with Crippen LogP contribution in [0.2, 0.25) is 5.02 Å². The highest BCUT2D eigenvalue weighted by molar-refractivity contribution is 9.10. The molecule has 84 valence electrons. The second-order valence-electron chi connectivity index (χ2n) is 3.41. The number of benzene rings is 1. The van der Waals surface area contributed by atoms with Crippen molar-refractivity contribution in [2.24, 2.45) is 0 Å². The van der Waals surface area contributed by atoms with Crippen molar-refractivity contribution >= 4 is 27.5 Å². The van der Waals surface area contributed by atoms with Crippen molar-refractivity contribution in [1.29, 1.82) is 0 Å². The van der Waals surface area contributed by atoms with Crippen molar-refractivity contribution in [2.45, 2.75) is 6.04 Å². The molecule has 1 aromatic heterocycles. The molecule has 1 unspecified atom stereocenters. The Morgan fingerprint density at radius 3 is 2.75 bits per heavy atom. The summed E-state index contributed by atoms with van der Waals surface area (Å²) in [6, 6.07) is 9.72. The molecule has 16 heavy (non-hydrogen) atoms. The molecule has 2 rings (SSSR count). The van der Waals surface area contributed by atoms with Crippen LogP contribution in [0.1, 0.15) is 17.4 Å². The first-order valence-corrected chi connectivity index (χ1v) is 6.05. The fourth-order valence-electron chi connectivity index (χ4n) is 1.62. The lowest BCUT2D eigenvalue weighted by atomic mass is 10.1. The summed E-state index contributed by atoms with van der Waals surface area (Å²) in [5.41, 5.74) is 1.11. The fourth-order valence-corrected chi connectivity index (χ4v) is 2.13. The Kier molecular flexibility index (Phi) is 3.69. The Morgan fingerprint density at radius 1 is 1.38 bits per heavy atom. The molecule has 2 aromatic rings. The number of rotatable bonds is 3. The van der Waals surface area contributed by atoms with E-state index in [0.717, 1.165) is 15.8 Å². The molecule has 0 aliphatic rings. The highest BCUT2D eigenvalue weighted by Crippen LogP contribution is 2.29. The topological polar surface area (TPSA) is 25.2 Å². The zero-order valence-electron chi connectivity index (χ0n) is 8.71. The number of furan rings is 1. The van der Waals surface area contributed by atoms with Gasteiger partial charge in [0.25, 0.3) is 0 Å². The average molecular weight is 301 g/mol. The van der Waals surface area contributed by atoms with E-state index in [1.54, 1.807) is 6.26 Å².